The number of benzene rings is 1. The van der Waals surface area contributed by atoms with E-state index in [2.05, 4.69) is 52.3 Å². The smallest absolute Gasteiger partial charge is 0.0797 e. The zero-order valence-corrected chi connectivity index (χ0v) is 14.5. The molecule has 0 saturated heterocycles. The fourth-order valence-electron chi connectivity index (χ4n) is 2.41. The Balaban J connectivity index is 2.59. The van der Waals surface area contributed by atoms with Gasteiger partial charge in [-0.3, -0.25) is 0 Å². The summed E-state index contributed by atoms with van der Waals surface area (Å²) >= 11 is 0. The first-order valence-electron chi connectivity index (χ1n) is 7.98. The predicted molar refractivity (Wildman–Crippen MR) is 92.9 cm³/mol. The van der Waals surface area contributed by atoms with Crippen molar-refractivity contribution >= 4 is 11.4 Å². The largest absolute Gasteiger partial charge is 0.399 e. The molecule has 4 nitrogen and oxygen atoms in total. The molecule has 0 fully saturated rings. The molecule has 0 aliphatic rings. The predicted octanol–water partition coefficient (Wildman–Crippen LogP) is 0.706. The van der Waals surface area contributed by atoms with Crippen LogP contribution in [0.3, 0.4) is 0 Å². The number of hydrogen-bond donors (Lipinski definition) is 2. The van der Waals surface area contributed by atoms with E-state index in [9.17, 15) is 0 Å². The van der Waals surface area contributed by atoms with Gasteiger partial charge in [0.2, 0.25) is 0 Å². The lowest BCUT2D eigenvalue weighted by Gasteiger charge is -2.28. The van der Waals surface area contributed by atoms with Gasteiger partial charge in [0.05, 0.1) is 48.3 Å². The maximum atomic E-state index is 5.80. The third-order valence-corrected chi connectivity index (χ3v) is 3.62. The SMILES string of the molecule is C[NH+](C)CCCN(CCC[N+](C)(C)C)c1ccc(N)cc1. The van der Waals surface area contributed by atoms with Crippen molar-refractivity contribution in [1.29, 1.82) is 0 Å². The molecule has 0 spiro atoms. The average molecular weight is 294 g/mol. The van der Waals surface area contributed by atoms with Crippen LogP contribution in [0.5, 0.6) is 0 Å². The summed E-state index contributed by atoms with van der Waals surface area (Å²) in [5, 5.41) is 0. The van der Waals surface area contributed by atoms with E-state index in [4.69, 9.17) is 5.73 Å². The Morgan fingerprint density at radius 3 is 2.10 bits per heavy atom. The molecule has 0 aliphatic carbocycles. The number of quaternary nitrogens is 2. The first kappa shape index (κ1) is 17.8. The number of nitrogens with two attached hydrogens (primary N) is 1. The number of nitrogen functional groups attached to an aromatic ring is 1. The molecule has 0 aliphatic heterocycles. The van der Waals surface area contributed by atoms with Gasteiger partial charge >= 0.3 is 0 Å². The summed E-state index contributed by atoms with van der Waals surface area (Å²) < 4.78 is 1.03. The summed E-state index contributed by atoms with van der Waals surface area (Å²) in [4.78, 5) is 4.01. The molecule has 0 aromatic heterocycles. The van der Waals surface area contributed by atoms with Crippen molar-refractivity contribution in [1.82, 2.24) is 0 Å². The number of rotatable bonds is 9. The molecular weight excluding hydrogens is 260 g/mol. The zero-order chi connectivity index (χ0) is 15.9. The quantitative estimate of drug-likeness (QED) is 0.519. The highest BCUT2D eigenvalue weighted by Gasteiger charge is 2.11. The summed E-state index contributed by atoms with van der Waals surface area (Å²) in [5.41, 5.74) is 7.93. The van der Waals surface area contributed by atoms with Crippen LogP contribution in [0.15, 0.2) is 24.3 Å². The molecule has 0 unspecified atom stereocenters. The number of hydrogen-bond acceptors (Lipinski definition) is 2. The zero-order valence-electron chi connectivity index (χ0n) is 14.5. The molecule has 21 heavy (non-hydrogen) atoms. The van der Waals surface area contributed by atoms with E-state index in [1.807, 2.05) is 12.1 Å². The molecule has 0 radical (unpaired) electrons. The topological polar surface area (TPSA) is 33.7 Å². The van der Waals surface area contributed by atoms with Crippen LogP contribution in [0.1, 0.15) is 12.8 Å². The van der Waals surface area contributed by atoms with Crippen LogP contribution in [0.2, 0.25) is 0 Å². The highest BCUT2D eigenvalue weighted by Crippen LogP contribution is 2.17. The molecule has 3 N–H and O–H groups in total. The Labute approximate surface area is 130 Å². The van der Waals surface area contributed by atoms with E-state index in [1.54, 1.807) is 0 Å². The molecule has 0 saturated carbocycles. The fraction of sp³-hybridized carbons (Fsp3) is 0.647. The molecule has 0 heterocycles. The van der Waals surface area contributed by atoms with E-state index < -0.39 is 0 Å². The molecule has 1 aromatic carbocycles. The van der Waals surface area contributed by atoms with Crippen LogP contribution in [0.4, 0.5) is 11.4 Å². The lowest BCUT2D eigenvalue weighted by Crippen LogP contribution is -3.05. The molecule has 0 atom stereocenters. The van der Waals surface area contributed by atoms with Crippen LogP contribution in [-0.2, 0) is 0 Å². The minimum atomic E-state index is 0.836. The Bertz CT molecular complexity index is 392. The van der Waals surface area contributed by atoms with Crippen LogP contribution in [-0.4, -0.2) is 65.9 Å². The summed E-state index contributed by atoms with van der Waals surface area (Å²) in [6, 6.07) is 8.28. The van der Waals surface area contributed by atoms with Gasteiger partial charge in [-0.1, -0.05) is 0 Å². The summed E-state index contributed by atoms with van der Waals surface area (Å²) in [5.74, 6) is 0. The standard InChI is InChI=1S/C17H33N4/c1-19(2)12-6-13-20(14-7-15-21(3,4)5)17-10-8-16(18)9-11-17/h8-11H,6-7,12-15,18H2,1-5H3/q+1/p+1. The highest BCUT2D eigenvalue weighted by molar-refractivity contribution is 5.53. The maximum Gasteiger partial charge on any atom is 0.0797 e. The monoisotopic (exact) mass is 294 g/mol. The average Bonchev–Trinajstić information content (AvgIpc) is 2.36. The van der Waals surface area contributed by atoms with Gasteiger partial charge in [-0.05, 0) is 24.3 Å². The normalized spacial score (nSPS) is 11.9. The van der Waals surface area contributed by atoms with E-state index in [1.165, 1.54) is 36.5 Å². The van der Waals surface area contributed by atoms with Crippen molar-refractivity contribution in [3.05, 3.63) is 24.3 Å². The second kappa shape index (κ2) is 8.25. The first-order chi connectivity index (χ1) is 9.78. The van der Waals surface area contributed by atoms with Gasteiger partial charge < -0.3 is 20.0 Å². The first-order valence-corrected chi connectivity index (χ1v) is 7.98. The number of anilines is 2. The third kappa shape index (κ3) is 7.93. The van der Waals surface area contributed by atoms with Gasteiger partial charge in [0.15, 0.2) is 0 Å². The second-order valence-electron chi connectivity index (χ2n) is 7.26. The van der Waals surface area contributed by atoms with Gasteiger partial charge in [-0.15, -0.1) is 0 Å². The van der Waals surface area contributed by atoms with Crippen molar-refractivity contribution in [3.63, 3.8) is 0 Å². The van der Waals surface area contributed by atoms with E-state index in [0.29, 0.717) is 0 Å². The van der Waals surface area contributed by atoms with Crippen molar-refractivity contribution in [2.24, 2.45) is 0 Å². The van der Waals surface area contributed by atoms with E-state index in [-0.39, 0.29) is 0 Å². The molecule has 0 bridgehead atoms. The third-order valence-electron chi connectivity index (χ3n) is 3.62. The Morgan fingerprint density at radius 2 is 1.57 bits per heavy atom. The maximum absolute atomic E-state index is 5.80. The number of nitrogens with one attached hydrogen (secondary N) is 1. The van der Waals surface area contributed by atoms with Gasteiger partial charge in [0.1, 0.15) is 0 Å². The second-order valence-corrected chi connectivity index (χ2v) is 7.26. The van der Waals surface area contributed by atoms with Crippen LogP contribution in [0.25, 0.3) is 0 Å². The van der Waals surface area contributed by atoms with Gasteiger partial charge in [0.25, 0.3) is 0 Å². The van der Waals surface area contributed by atoms with Crippen LogP contribution >= 0.6 is 0 Å². The minimum absolute atomic E-state index is 0.836. The van der Waals surface area contributed by atoms with Crippen LogP contribution < -0.4 is 15.5 Å². The highest BCUT2D eigenvalue weighted by atomic mass is 15.3. The van der Waals surface area contributed by atoms with Gasteiger partial charge in [-0.2, -0.15) is 0 Å². The Kier molecular flexibility index (Phi) is 6.99. The summed E-state index contributed by atoms with van der Waals surface area (Å²) in [7, 11) is 11.2. The van der Waals surface area contributed by atoms with E-state index in [0.717, 1.165) is 23.3 Å². The Hall–Kier alpha value is -1.26. The van der Waals surface area contributed by atoms with Crippen molar-refractivity contribution in [2.45, 2.75) is 12.8 Å². The lowest BCUT2D eigenvalue weighted by molar-refractivity contribution is -0.870. The molecule has 120 valence electrons. The lowest BCUT2D eigenvalue weighted by atomic mass is 10.2. The molecular formula is C17H34N4+2. The minimum Gasteiger partial charge on any atom is -0.399 e. The van der Waals surface area contributed by atoms with Crippen molar-refractivity contribution in [3.8, 4) is 0 Å². The summed E-state index contributed by atoms with van der Waals surface area (Å²) in [6.45, 7) is 4.64. The number of nitrogens with zero attached hydrogens (tertiary/aromatic N) is 2. The van der Waals surface area contributed by atoms with Crippen molar-refractivity contribution < 1.29 is 9.38 Å². The summed E-state index contributed by atoms with van der Waals surface area (Å²) in [6.07, 6.45) is 2.43. The molecule has 4 heteroatoms. The Morgan fingerprint density at radius 1 is 1.00 bits per heavy atom. The molecule has 1 aromatic rings. The van der Waals surface area contributed by atoms with E-state index >= 15 is 0 Å². The van der Waals surface area contributed by atoms with Gasteiger partial charge in [-0.25, -0.2) is 0 Å². The van der Waals surface area contributed by atoms with Crippen molar-refractivity contribution in [2.75, 3.05) is 72.1 Å². The van der Waals surface area contributed by atoms with Crippen LogP contribution in [0, 0.1) is 0 Å². The fourth-order valence-corrected chi connectivity index (χ4v) is 2.41. The molecule has 1 rings (SSSR count). The molecule has 0 amide bonds. The van der Waals surface area contributed by atoms with Gasteiger partial charge in [0, 0.05) is 37.3 Å².